The third-order valence-electron chi connectivity index (χ3n) is 8.17. The lowest BCUT2D eigenvalue weighted by molar-refractivity contribution is 0.00557. The average molecular weight is 616 g/mol. The highest BCUT2D eigenvalue weighted by atomic mass is 79.9. The molecule has 0 radical (unpaired) electrons. The molecule has 0 saturated carbocycles. The minimum atomic E-state index is -0.634. The Morgan fingerprint density at radius 2 is 2.02 bits per heavy atom. The fourth-order valence-corrected chi connectivity index (χ4v) is 5.99. The predicted octanol–water partition coefficient (Wildman–Crippen LogP) is 5.18. The van der Waals surface area contributed by atoms with Gasteiger partial charge in [0.2, 0.25) is 0 Å². The summed E-state index contributed by atoms with van der Waals surface area (Å²) in [5.41, 5.74) is 1.71. The molecular formula is C28H36BrFN8O2. The molecule has 1 aromatic carbocycles. The monoisotopic (exact) mass is 614 g/mol. The summed E-state index contributed by atoms with van der Waals surface area (Å²) in [4.78, 5) is 23.7. The fourth-order valence-electron chi connectivity index (χ4n) is 5.68. The van der Waals surface area contributed by atoms with Gasteiger partial charge in [0.25, 0.3) is 0 Å². The number of aromatic nitrogens is 4. The number of carbonyl (C=O) groups is 1. The van der Waals surface area contributed by atoms with Gasteiger partial charge in [-0.2, -0.15) is 5.26 Å². The van der Waals surface area contributed by atoms with E-state index in [4.69, 9.17) is 9.72 Å². The Labute approximate surface area is 242 Å². The number of hydrogen-bond acceptors (Lipinski definition) is 8. The van der Waals surface area contributed by atoms with Gasteiger partial charge in [-0.25, -0.2) is 18.9 Å². The molecule has 2 fully saturated rings. The average Bonchev–Trinajstić information content (AvgIpc) is 3.30. The van der Waals surface area contributed by atoms with Gasteiger partial charge in [-0.05, 0) is 89.1 Å². The van der Waals surface area contributed by atoms with Gasteiger partial charge in [0, 0.05) is 25.0 Å². The van der Waals surface area contributed by atoms with Crippen molar-refractivity contribution in [1.29, 1.82) is 5.26 Å². The summed E-state index contributed by atoms with van der Waals surface area (Å²) >= 11 is 3.39. The van der Waals surface area contributed by atoms with E-state index in [2.05, 4.69) is 63.1 Å². The van der Waals surface area contributed by atoms with Crippen molar-refractivity contribution in [3.8, 4) is 6.07 Å². The number of benzene rings is 1. The van der Waals surface area contributed by atoms with E-state index in [1.807, 2.05) is 38.4 Å². The molecule has 214 valence electrons. The van der Waals surface area contributed by atoms with E-state index in [1.54, 1.807) is 4.90 Å². The van der Waals surface area contributed by atoms with Crippen molar-refractivity contribution in [2.75, 3.05) is 38.6 Å². The number of ether oxygens (including phenoxy) is 1. The van der Waals surface area contributed by atoms with Crippen LogP contribution in [0, 0.1) is 24.1 Å². The Hall–Kier alpha value is -3.04. The lowest BCUT2D eigenvalue weighted by Gasteiger charge is -2.52. The number of likely N-dealkylation sites (N-methyl/N-ethyl adjacent to an activating group) is 1. The lowest BCUT2D eigenvalue weighted by atomic mass is 9.90. The number of amides is 1. The molecular weight excluding hydrogens is 579 g/mol. The second-order valence-corrected chi connectivity index (χ2v) is 13.3. The molecule has 0 bridgehead atoms. The zero-order valence-corrected chi connectivity index (χ0v) is 25.7. The van der Waals surface area contributed by atoms with E-state index in [9.17, 15) is 10.1 Å². The number of fused-ring (bicyclic) bond motifs is 3. The van der Waals surface area contributed by atoms with Crippen LogP contribution in [0.4, 0.5) is 15.0 Å². The van der Waals surface area contributed by atoms with Crippen LogP contribution in [-0.4, -0.2) is 86.8 Å². The first-order valence-corrected chi connectivity index (χ1v) is 14.4. The van der Waals surface area contributed by atoms with Crippen LogP contribution >= 0.6 is 15.9 Å². The van der Waals surface area contributed by atoms with Gasteiger partial charge in [0.1, 0.15) is 16.6 Å². The highest BCUT2D eigenvalue weighted by Crippen LogP contribution is 2.41. The first-order valence-electron chi connectivity index (χ1n) is 13.6. The summed E-state index contributed by atoms with van der Waals surface area (Å²) in [7, 11) is 4.11. The Morgan fingerprint density at radius 3 is 2.65 bits per heavy atom. The molecule has 10 nitrogen and oxygen atoms in total. The molecule has 2 aliphatic rings. The number of halogens is 2. The lowest BCUT2D eigenvalue weighted by Crippen LogP contribution is -2.67. The molecule has 2 aliphatic heterocycles. The van der Waals surface area contributed by atoms with Crippen LogP contribution in [-0.2, 0) is 4.74 Å². The number of rotatable bonds is 4. The number of likely N-dealkylation sites (tertiary alicyclic amines) is 1. The summed E-state index contributed by atoms with van der Waals surface area (Å²) in [6.45, 7) is 11.4. The van der Waals surface area contributed by atoms with Crippen molar-refractivity contribution in [3.05, 3.63) is 21.9 Å². The normalized spacial score (nSPS) is 21.1. The predicted molar refractivity (Wildman–Crippen MR) is 155 cm³/mol. The molecule has 0 unspecified atom stereocenters. The minimum Gasteiger partial charge on any atom is -0.444 e. The summed E-state index contributed by atoms with van der Waals surface area (Å²) in [6.07, 6.45) is 0.855. The highest BCUT2D eigenvalue weighted by Gasteiger charge is 2.43. The zero-order valence-electron chi connectivity index (χ0n) is 24.1. The minimum absolute atomic E-state index is 0.0234. The third kappa shape index (κ3) is 4.87. The Kier molecular flexibility index (Phi) is 7.19. The second-order valence-electron chi connectivity index (χ2n) is 12.5. The summed E-state index contributed by atoms with van der Waals surface area (Å²) in [6, 6.07) is 3.66. The van der Waals surface area contributed by atoms with Crippen LogP contribution < -0.4 is 4.90 Å². The first kappa shape index (κ1) is 28.5. The third-order valence-corrected chi connectivity index (χ3v) is 9.15. The zero-order chi connectivity index (χ0) is 29.1. The number of nitrogens with zero attached hydrogens (tertiary/aromatic N) is 8. The van der Waals surface area contributed by atoms with Crippen molar-refractivity contribution in [2.24, 2.45) is 0 Å². The number of piperidine rings is 1. The maximum atomic E-state index is 15.7. The standard InChI is InChI=1S/C28H36BrFN8O2/c1-16-12-19-22(21(30)20(16)29)32-25(36-14-28(5,15-36)35(6)7)23-24(19)38(34-33-23)18-9-11-37(17(13-18)8-10-31)26(39)40-27(2,3)4/h12,17-18H,8-9,11,13-15H2,1-7H3/t17-,18+/m1/s1. The van der Waals surface area contributed by atoms with Crippen LogP contribution in [0.1, 0.15) is 58.6 Å². The van der Waals surface area contributed by atoms with Crippen LogP contribution in [0.5, 0.6) is 0 Å². The van der Waals surface area contributed by atoms with E-state index in [0.717, 1.165) is 24.2 Å². The fraction of sp³-hybridized carbons (Fsp3) is 0.607. The maximum absolute atomic E-state index is 15.7. The van der Waals surface area contributed by atoms with E-state index >= 15 is 4.39 Å². The topological polar surface area (TPSA) is 103 Å². The number of aryl methyl sites for hydroxylation is 1. The van der Waals surface area contributed by atoms with Gasteiger partial charge in [-0.15, -0.1) is 5.10 Å². The smallest absolute Gasteiger partial charge is 0.410 e. The molecule has 12 heteroatoms. The van der Waals surface area contributed by atoms with Gasteiger partial charge in [-0.1, -0.05) is 5.21 Å². The first-order chi connectivity index (χ1) is 18.7. The van der Waals surface area contributed by atoms with E-state index < -0.39 is 17.5 Å². The van der Waals surface area contributed by atoms with Gasteiger partial charge in [-0.3, -0.25) is 0 Å². The number of anilines is 1. The Morgan fingerprint density at radius 1 is 1.32 bits per heavy atom. The van der Waals surface area contributed by atoms with Crippen molar-refractivity contribution >= 4 is 49.8 Å². The molecule has 0 aliphatic carbocycles. The largest absolute Gasteiger partial charge is 0.444 e. The van der Waals surface area contributed by atoms with Gasteiger partial charge in [0.05, 0.1) is 34.6 Å². The molecule has 1 amide bonds. The Bertz CT molecular complexity index is 1520. The summed E-state index contributed by atoms with van der Waals surface area (Å²) in [5, 5.41) is 19.4. The molecule has 4 heterocycles. The second kappa shape index (κ2) is 10.1. The van der Waals surface area contributed by atoms with Gasteiger partial charge < -0.3 is 19.4 Å². The van der Waals surface area contributed by atoms with Crippen molar-refractivity contribution in [3.63, 3.8) is 0 Å². The number of nitriles is 1. The molecule has 40 heavy (non-hydrogen) atoms. The molecule has 0 spiro atoms. The van der Waals surface area contributed by atoms with Crippen LogP contribution in [0.25, 0.3) is 21.9 Å². The van der Waals surface area contributed by atoms with Crippen molar-refractivity contribution in [1.82, 2.24) is 29.8 Å². The Balaban J connectivity index is 1.59. The van der Waals surface area contributed by atoms with Gasteiger partial charge >= 0.3 is 6.09 Å². The number of carbonyl (C=O) groups excluding carboxylic acids is 1. The molecule has 2 atom stereocenters. The molecule has 5 rings (SSSR count). The van der Waals surface area contributed by atoms with E-state index in [0.29, 0.717) is 40.6 Å². The summed E-state index contributed by atoms with van der Waals surface area (Å²) in [5.74, 6) is 0.200. The molecule has 0 N–H and O–H groups in total. The molecule has 2 saturated heterocycles. The van der Waals surface area contributed by atoms with Crippen LogP contribution in [0.2, 0.25) is 0 Å². The number of hydrogen-bond donors (Lipinski definition) is 0. The highest BCUT2D eigenvalue weighted by molar-refractivity contribution is 9.10. The molecule has 2 aromatic heterocycles. The van der Waals surface area contributed by atoms with Crippen molar-refractivity contribution in [2.45, 2.75) is 77.1 Å². The molecule has 3 aromatic rings. The van der Waals surface area contributed by atoms with Crippen molar-refractivity contribution < 1.29 is 13.9 Å². The number of pyridine rings is 1. The van der Waals surface area contributed by atoms with E-state index in [1.165, 1.54) is 0 Å². The van der Waals surface area contributed by atoms with Crippen LogP contribution in [0.15, 0.2) is 10.5 Å². The van der Waals surface area contributed by atoms with E-state index in [-0.39, 0.29) is 29.6 Å². The SMILES string of the molecule is Cc1cc2c(nc(N3CC(C)(N(C)C)C3)c3nnn([C@H]4CCN(C(=O)OC(C)(C)C)[C@H](CC#N)C4)c32)c(F)c1Br. The van der Waals surface area contributed by atoms with Gasteiger partial charge in [0.15, 0.2) is 17.2 Å². The van der Waals surface area contributed by atoms with Crippen LogP contribution in [0.3, 0.4) is 0 Å². The summed E-state index contributed by atoms with van der Waals surface area (Å²) < 4.78 is 23.5. The maximum Gasteiger partial charge on any atom is 0.410 e. The quantitative estimate of drug-likeness (QED) is 0.396.